The molecule has 0 saturated heterocycles. The maximum Gasteiger partial charge on any atom is 0.223 e. The smallest absolute Gasteiger partial charge is 0.223 e. The van der Waals surface area contributed by atoms with Crippen molar-refractivity contribution in [3.8, 4) is 0 Å². The molecule has 1 aromatic heterocycles. The number of aromatic amines is 1. The Morgan fingerprint density at radius 1 is 1.43 bits per heavy atom. The number of hydrogen-bond acceptors (Lipinski definition) is 1. The van der Waals surface area contributed by atoms with E-state index in [0.717, 1.165) is 16.6 Å². The first kappa shape index (κ1) is 9.09. The van der Waals surface area contributed by atoms with Crippen LogP contribution in [0, 0.1) is 0 Å². The van der Waals surface area contributed by atoms with Gasteiger partial charge in [-0.1, -0.05) is 11.6 Å². The van der Waals surface area contributed by atoms with E-state index in [2.05, 4.69) is 4.98 Å². The Morgan fingerprint density at radius 3 is 2.93 bits per heavy atom. The summed E-state index contributed by atoms with van der Waals surface area (Å²) in [5, 5.41) is 1.68. The van der Waals surface area contributed by atoms with Gasteiger partial charge in [0, 0.05) is 21.6 Å². The number of aromatic nitrogens is 1. The monoisotopic (exact) mass is 208 g/mol. The average molecular weight is 209 g/mol. The number of nitrogens with two attached hydrogens (primary N) is 1. The molecule has 1 amide bonds. The van der Waals surface area contributed by atoms with E-state index in [1.54, 1.807) is 6.07 Å². The molecule has 0 aliphatic carbocycles. The van der Waals surface area contributed by atoms with Gasteiger partial charge in [0.05, 0.1) is 6.42 Å². The molecule has 0 radical (unpaired) electrons. The molecule has 3 N–H and O–H groups in total. The Balaban J connectivity index is 2.46. The van der Waals surface area contributed by atoms with E-state index in [0.29, 0.717) is 5.02 Å². The van der Waals surface area contributed by atoms with Crippen molar-refractivity contribution >= 4 is 28.4 Å². The first-order valence-electron chi connectivity index (χ1n) is 4.20. The van der Waals surface area contributed by atoms with Crippen LogP contribution in [0.15, 0.2) is 24.3 Å². The fourth-order valence-electron chi connectivity index (χ4n) is 1.45. The third-order valence-corrected chi connectivity index (χ3v) is 2.24. The number of primary amides is 1. The van der Waals surface area contributed by atoms with Gasteiger partial charge in [-0.05, 0) is 24.3 Å². The summed E-state index contributed by atoms with van der Waals surface area (Å²) in [4.78, 5) is 13.8. The van der Waals surface area contributed by atoms with Gasteiger partial charge in [0.2, 0.25) is 5.91 Å². The number of carbonyl (C=O) groups is 1. The second-order valence-electron chi connectivity index (χ2n) is 3.17. The van der Waals surface area contributed by atoms with E-state index in [1.165, 1.54) is 0 Å². The Kier molecular flexibility index (Phi) is 2.17. The number of H-pyrrole nitrogens is 1. The quantitative estimate of drug-likeness (QED) is 0.778. The zero-order valence-electron chi connectivity index (χ0n) is 7.38. The standard InChI is InChI=1S/C10H9ClN2O/c11-7-1-2-9-6(3-7)4-8(13-9)5-10(12)14/h1-4,13H,5H2,(H2,12,14). The molecular weight excluding hydrogens is 200 g/mol. The van der Waals surface area contributed by atoms with Gasteiger partial charge in [0.1, 0.15) is 0 Å². The fraction of sp³-hybridized carbons (Fsp3) is 0.100. The van der Waals surface area contributed by atoms with Crippen molar-refractivity contribution in [1.82, 2.24) is 4.98 Å². The summed E-state index contributed by atoms with van der Waals surface area (Å²) in [5.41, 5.74) is 6.87. The van der Waals surface area contributed by atoms with Crippen LogP contribution >= 0.6 is 11.6 Å². The molecule has 4 heteroatoms. The lowest BCUT2D eigenvalue weighted by molar-refractivity contribution is -0.117. The van der Waals surface area contributed by atoms with Gasteiger partial charge in [-0.15, -0.1) is 0 Å². The van der Waals surface area contributed by atoms with E-state index in [9.17, 15) is 4.79 Å². The molecule has 2 rings (SSSR count). The molecule has 72 valence electrons. The lowest BCUT2D eigenvalue weighted by Gasteiger charge is -1.89. The van der Waals surface area contributed by atoms with Crippen LogP contribution in [0.25, 0.3) is 10.9 Å². The molecule has 0 bridgehead atoms. The minimum Gasteiger partial charge on any atom is -0.369 e. The molecule has 0 unspecified atom stereocenters. The molecule has 0 spiro atoms. The molecule has 0 atom stereocenters. The minimum atomic E-state index is -0.345. The molecule has 1 aromatic carbocycles. The zero-order chi connectivity index (χ0) is 10.1. The Hall–Kier alpha value is -1.48. The lowest BCUT2D eigenvalue weighted by Crippen LogP contribution is -2.13. The number of hydrogen-bond donors (Lipinski definition) is 2. The summed E-state index contributed by atoms with van der Waals surface area (Å²) in [6.45, 7) is 0. The number of nitrogens with one attached hydrogen (secondary N) is 1. The number of rotatable bonds is 2. The summed E-state index contributed by atoms with van der Waals surface area (Å²) in [6, 6.07) is 7.40. The van der Waals surface area contributed by atoms with Gasteiger partial charge < -0.3 is 10.7 Å². The largest absolute Gasteiger partial charge is 0.369 e. The summed E-state index contributed by atoms with van der Waals surface area (Å²) in [7, 11) is 0. The number of fused-ring (bicyclic) bond motifs is 1. The molecule has 0 fully saturated rings. The average Bonchev–Trinajstić information content (AvgIpc) is 2.44. The van der Waals surface area contributed by atoms with Gasteiger partial charge in [-0.2, -0.15) is 0 Å². The summed E-state index contributed by atoms with van der Waals surface area (Å²) >= 11 is 5.83. The summed E-state index contributed by atoms with van der Waals surface area (Å²) in [5.74, 6) is -0.345. The maximum atomic E-state index is 10.7. The van der Waals surface area contributed by atoms with Crippen LogP contribution in [-0.4, -0.2) is 10.9 Å². The molecule has 1 heterocycles. The van der Waals surface area contributed by atoms with E-state index in [4.69, 9.17) is 17.3 Å². The molecule has 14 heavy (non-hydrogen) atoms. The number of carbonyl (C=O) groups excluding carboxylic acids is 1. The normalized spacial score (nSPS) is 10.6. The Bertz CT molecular complexity index is 490. The second-order valence-corrected chi connectivity index (χ2v) is 3.61. The van der Waals surface area contributed by atoms with Crippen molar-refractivity contribution < 1.29 is 4.79 Å². The van der Waals surface area contributed by atoms with Crippen LogP contribution < -0.4 is 5.73 Å². The maximum absolute atomic E-state index is 10.7. The molecular formula is C10H9ClN2O. The van der Waals surface area contributed by atoms with Crippen LogP contribution in [0.4, 0.5) is 0 Å². The summed E-state index contributed by atoms with van der Waals surface area (Å²) in [6.07, 6.45) is 0.228. The van der Waals surface area contributed by atoms with Crippen molar-refractivity contribution in [1.29, 1.82) is 0 Å². The van der Waals surface area contributed by atoms with E-state index < -0.39 is 0 Å². The van der Waals surface area contributed by atoms with Crippen LogP contribution in [0.2, 0.25) is 5.02 Å². The van der Waals surface area contributed by atoms with Crippen LogP contribution in [-0.2, 0) is 11.2 Å². The first-order chi connectivity index (χ1) is 6.65. The summed E-state index contributed by atoms with van der Waals surface area (Å²) < 4.78 is 0. The highest BCUT2D eigenvalue weighted by atomic mass is 35.5. The van der Waals surface area contributed by atoms with Crippen molar-refractivity contribution in [3.05, 3.63) is 35.0 Å². The Morgan fingerprint density at radius 2 is 2.21 bits per heavy atom. The zero-order valence-corrected chi connectivity index (χ0v) is 8.14. The Labute approximate surface area is 85.9 Å². The minimum absolute atomic E-state index is 0.228. The molecule has 0 aliphatic heterocycles. The third kappa shape index (κ3) is 1.72. The van der Waals surface area contributed by atoms with Crippen LogP contribution in [0.3, 0.4) is 0 Å². The predicted molar refractivity (Wildman–Crippen MR) is 56.2 cm³/mol. The van der Waals surface area contributed by atoms with Crippen molar-refractivity contribution in [2.24, 2.45) is 5.73 Å². The van der Waals surface area contributed by atoms with Gasteiger partial charge in [0.15, 0.2) is 0 Å². The highest BCUT2D eigenvalue weighted by Gasteiger charge is 2.03. The highest BCUT2D eigenvalue weighted by molar-refractivity contribution is 6.31. The van der Waals surface area contributed by atoms with Crippen molar-refractivity contribution in [3.63, 3.8) is 0 Å². The van der Waals surface area contributed by atoms with Crippen molar-refractivity contribution in [2.75, 3.05) is 0 Å². The van der Waals surface area contributed by atoms with Crippen LogP contribution in [0.1, 0.15) is 5.69 Å². The van der Waals surface area contributed by atoms with E-state index in [1.807, 2.05) is 18.2 Å². The highest BCUT2D eigenvalue weighted by Crippen LogP contribution is 2.20. The lowest BCUT2D eigenvalue weighted by atomic mass is 10.2. The predicted octanol–water partition coefficient (Wildman–Crippen LogP) is 1.85. The number of benzene rings is 1. The molecule has 3 nitrogen and oxygen atoms in total. The van der Waals surface area contributed by atoms with Crippen LogP contribution in [0.5, 0.6) is 0 Å². The van der Waals surface area contributed by atoms with Crippen molar-refractivity contribution in [2.45, 2.75) is 6.42 Å². The molecule has 0 aliphatic rings. The fourth-order valence-corrected chi connectivity index (χ4v) is 1.63. The topological polar surface area (TPSA) is 58.9 Å². The first-order valence-corrected chi connectivity index (χ1v) is 4.58. The second kappa shape index (κ2) is 3.35. The SMILES string of the molecule is NC(=O)Cc1cc2cc(Cl)ccc2[nH]1. The van der Waals surface area contributed by atoms with Gasteiger partial charge >= 0.3 is 0 Å². The van der Waals surface area contributed by atoms with E-state index >= 15 is 0 Å². The number of halogens is 1. The van der Waals surface area contributed by atoms with Gasteiger partial charge in [-0.25, -0.2) is 0 Å². The van der Waals surface area contributed by atoms with E-state index in [-0.39, 0.29) is 12.3 Å². The third-order valence-electron chi connectivity index (χ3n) is 2.00. The van der Waals surface area contributed by atoms with Gasteiger partial charge in [0.25, 0.3) is 0 Å². The van der Waals surface area contributed by atoms with Gasteiger partial charge in [-0.3, -0.25) is 4.79 Å². The number of amides is 1. The molecule has 0 saturated carbocycles. The molecule has 2 aromatic rings.